The molecule has 4 N–H and O–H groups in total. The predicted molar refractivity (Wildman–Crippen MR) is 92.4 cm³/mol. The van der Waals surface area contributed by atoms with E-state index in [2.05, 4.69) is 33.3 Å². The molecule has 0 radical (unpaired) electrons. The number of nitrogens with zero attached hydrogens (tertiary/aromatic N) is 2. The molecule has 114 valence electrons. The van der Waals surface area contributed by atoms with Gasteiger partial charge in [-0.3, -0.25) is 10.4 Å². The van der Waals surface area contributed by atoms with E-state index in [-0.39, 0.29) is 5.84 Å². The zero-order valence-electron chi connectivity index (χ0n) is 12.9. The molecule has 0 aliphatic rings. The van der Waals surface area contributed by atoms with Gasteiger partial charge in [-0.05, 0) is 29.8 Å². The lowest BCUT2D eigenvalue weighted by Gasteiger charge is -2.07. The first kappa shape index (κ1) is 15.7. The van der Waals surface area contributed by atoms with Gasteiger partial charge in [0.05, 0.1) is 0 Å². The summed E-state index contributed by atoms with van der Waals surface area (Å²) in [7, 11) is 1.76. The Bertz CT molecular complexity index is 781. The molecule has 0 saturated heterocycles. The number of nitrogens with two attached hydrogens (primary N) is 1. The SMILES string of the molecule is C/C=c1/ccn(Cc2ccc(C(=N)NN)cc2)/c1=C/C=N/C. The molecule has 0 saturated carbocycles. The number of hydrazine groups is 1. The first-order valence-electron chi connectivity index (χ1n) is 7.08. The van der Waals surface area contributed by atoms with Crippen LogP contribution in [-0.2, 0) is 6.54 Å². The third-order valence-electron chi connectivity index (χ3n) is 3.47. The molecule has 0 fully saturated rings. The number of benzene rings is 1. The van der Waals surface area contributed by atoms with E-state index in [1.807, 2.05) is 37.3 Å². The molecule has 0 aliphatic heterocycles. The van der Waals surface area contributed by atoms with Crippen molar-refractivity contribution >= 4 is 24.2 Å². The molecule has 5 heteroatoms. The average Bonchev–Trinajstić information content (AvgIpc) is 2.94. The second kappa shape index (κ2) is 7.38. The minimum Gasteiger partial charge on any atom is -0.343 e. The van der Waals surface area contributed by atoms with Crippen LogP contribution >= 0.6 is 0 Å². The van der Waals surface area contributed by atoms with Gasteiger partial charge in [0.25, 0.3) is 0 Å². The van der Waals surface area contributed by atoms with Gasteiger partial charge in [0.2, 0.25) is 0 Å². The van der Waals surface area contributed by atoms with Gasteiger partial charge in [-0.2, -0.15) is 0 Å². The van der Waals surface area contributed by atoms with Crippen LogP contribution in [0.3, 0.4) is 0 Å². The van der Waals surface area contributed by atoms with Crippen molar-refractivity contribution < 1.29 is 0 Å². The van der Waals surface area contributed by atoms with E-state index in [4.69, 9.17) is 11.3 Å². The van der Waals surface area contributed by atoms with Gasteiger partial charge < -0.3 is 9.99 Å². The summed E-state index contributed by atoms with van der Waals surface area (Å²) in [5.41, 5.74) is 4.28. The summed E-state index contributed by atoms with van der Waals surface area (Å²) in [5.74, 6) is 5.46. The lowest BCUT2D eigenvalue weighted by Crippen LogP contribution is -2.30. The summed E-state index contributed by atoms with van der Waals surface area (Å²) in [4.78, 5) is 4.02. The van der Waals surface area contributed by atoms with Crippen LogP contribution < -0.4 is 21.8 Å². The van der Waals surface area contributed by atoms with Crippen LogP contribution in [0.2, 0.25) is 0 Å². The molecule has 0 aliphatic carbocycles. The molecule has 0 amide bonds. The number of aliphatic imine (C=N–C) groups is 1. The highest BCUT2D eigenvalue weighted by Crippen LogP contribution is 2.05. The molecule has 22 heavy (non-hydrogen) atoms. The smallest absolute Gasteiger partial charge is 0.139 e. The number of amidine groups is 1. The summed E-state index contributed by atoms with van der Waals surface area (Å²) in [6.45, 7) is 2.79. The minimum atomic E-state index is 0.212. The molecule has 0 bridgehead atoms. The fraction of sp³-hybridized carbons (Fsp3) is 0.176. The molecular weight excluding hydrogens is 274 g/mol. The normalized spacial score (nSPS) is 13.0. The maximum atomic E-state index is 7.64. The zero-order valence-corrected chi connectivity index (χ0v) is 12.9. The van der Waals surface area contributed by atoms with Crippen molar-refractivity contribution in [2.75, 3.05) is 7.05 Å². The van der Waals surface area contributed by atoms with Crippen molar-refractivity contribution in [1.29, 1.82) is 5.41 Å². The Morgan fingerprint density at radius 1 is 1.32 bits per heavy atom. The summed E-state index contributed by atoms with van der Waals surface area (Å²) >= 11 is 0. The van der Waals surface area contributed by atoms with Crippen LogP contribution in [0.5, 0.6) is 0 Å². The molecule has 5 nitrogen and oxygen atoms in total. The highest BCUT2D eigenvalue weighted by Gasteiger charge is 2.01. The second-order valence-corrected chi connectivity index (χ2v) is 4.86. The van der Waals surface area contributed by atoms with Crippen LogP contribution in [0, 0.1) is 5.41 Å². The van der Waals surface area contributed by atoms with Crippen molar-refractivity contribution in [3.63, 3.8) is 0 Å². The maximum absolute atomic E-state index is 7.64. The summed E-state index contributed by atoms with van der Waals surface area (Å²) in [6.07, 6.45) is 7.97. The Hall–Kier alpha value is -2.66. The number of nitrogens with one attached hydrogen (secondary N) is 2. The lowest BCUT2D eigenvalue weighted by atomic mass is 10.1. The topological polar surface area (TPSA) is 79.2 Å². The van der Waals surface area contributed by atoms with E-state index in [1.165, 1.54) is 5.22 Å². The van der Waals surface area contributed by atoms with Crippen LogP contribution in [-0.4, -0.2) is 23.7 Å². The Morgan fingerprint density at radius 3 is 2.64 bits per heavy atom. The third kappa shape index (κ3) is 3.51. The van der Waals surface area contributed by atoms with Crippen LogP contribution in [0.4, 0.5) is 0 Å². The molecule has 0 spiro atoms. The quantitative estimate of drug-likeness (QED) is 0.334. The molecule has 0 unspecified atom stereocenters. The molecule has 0 atom stereocenters. The van der Waals surface area contributed by atoms with E-state index in [9.17, 15) is 0 Å². The fourth-order valence-electron chi connectivity index (χ4n) is 2.28. The van der Waals surface area contributed by atoms with Crippen molar-refractivity contribution in [1.82, 2.24) is 9.99 Å². The van der Waals surface area contributed by atoms with E-state index < -0.39 is 0 Å². The lowest BCUT2D eigenvalue weighted by molar-refractivity contribution is 0.779. The highest BCUT2D eigenvalue weighted by atomic mass is 15.2. The van der Waals surface area contributed by atoms with Crippen molar-refractivity contribution in [3.8, 4) is 0 Å². The molecule has 2 rings (SSSR count). The molecule has 1 aromatic heterocycles. The van der Waals surface area contributed by atoms with Gasteiger partial charge in [0.1, 0.15) is 5.84 Å². The van der Waals surface area contributed by atoms with Crippen molar-refractivity contribution in [2.24, 2.45) is 10.8 Å². The number of hydrogen-bond donors (Lipinski definition) is 3. The third-order valence-corrected chi connectivity index (χ3v) is 3.47. The Kier molecular flexibility index (Phi) is 5.27. The maximum Gasteiger partial charge on any atom is 0.139 e. The highest BCUT2D eigenvalue weighted by molar-refractivity contribution is 5.95. The first-order valence-corrected chi connectivity index (χ1v) is 7.08. The summed E-state index contributed by atoms with van der Waals surface area (Å²) in [5, 5.41) is 9.96. The Labute approximate surface area is 130 Å². The van der Waals surface area contributed by atoms with E-state index in [0.29, 0.717) is 0 Å². The average molecular weight is 295 g/mol. The summed E-state index contributed by atoms with van der Waals surface area (Å²) < 4.78 is 2.18. The van der Waals surface area contributed by atoms with Gasteiger partial charge in [-0.1, -0.05) is 30.3 Å². The van der Waals surface area contributed by atoms with Gasteiger partial charge >= 0.3 is 0 Å². The second-order valence-electron chi connectivity index (χ2n) is 4.86. The fourth-order valence-corrected chi connectivity index (χ4v) is 2.28. The van der Waals surface area contributed by atoms with Crippen molar-refractivity contribution in [3.05, 3.63) is 58.2 Å². The van der Waals surface area contributed by atoms with Crippen molar-refractivity contribution in [2.45, 2.75) is 13.5 Å². The Balaban J connectivity index is 2.32. The standard InChI is InChI=1S/C17H21N5/c1-3-14-9-11-22(16(14)8-10-20-2)12-13-4-6-15(7-5-13)17(18)21-19/h3-11H,12,19H2,1-2H3,(H2,18,21)/b14-3-,16-8+,20-10+. The van der Waals surface area contributed by atoms with Gasteiger partial charge in [0, 0.05) is 36.9 Å². The van der Waals surface area contributed by atoms with Crippen LogP contribution in [0.1, 0.15) is 18.1 Å². The van der Waals surface area contributed by atoms with E-state index in [0.717, 1.165) is 23.0 Å². The number of aromatic nitrogens is 1. The van der Waals surface area contributed by atoms with Gasteiger partial charge in [-0.25, -0.2) is 5.84 Å². The van der Waals surface area contributed by atoms with Crippen LogP contribution in [0.25, 0.3) is 12.2 Å². The molecule has 2 aromatic rings. The monoisotopic (exact) mass is 295 g/mol. The molecule has 1 heterocycles. The molecular formula is C17H21N5. The van der Waals surface area contributed by atoms with Gasteiger partial charge in [-0.15, -0.1) is 0 Å². The largest absolute Gasteiger partial charge is 0.343 e. The predicted octanol–water partition coefficient (Wildman–Crippen LogP) is 0.607. The van der Waals surface area contributed by atoms with Crippen LogP contribution in [0.15, 0.2) is 41.5 Å². The number of rotatable bonds is 4. The van der Waals surface area contributed by atoms with Gasteiger partial charge in [0.15, 0.2) is 0 Å². The summed E-state index contributed by atoms with van der Waals surface area (Å²) in [6, 6.07) is 9.90. The Morgan fingerprint density at radius 2 is 2.05 bits per heavy atom. The molecule has 1 aromatic carbocycles. The zero-order chi connectivity index (χ0) is 15.9. The van der Waals surface area contributed by atoms with E-state index >= 15 is 0 Å². The number of hydrogen-bond acceptors (Lipinski definition) is 3. The van der Waals surface area contributed by atoms with E-state index in [1.54, 1.807) is 13.3 Å². The first-order chi connectivity index (χ1) is 10.7. The minimum absolute atomic E-state index is 0.212.